The Morgan fingerprint density at radius 2 is 1.69 bits per heavy atom. The lowest BCUT2D eigenvalue weighted by atomic mass is 10.4. The molecule has 0 saturated heterocycles. The van der Waals surface area contributed by atoms with Crippen LogP contribution in [0.25, 0.3) is 0 Å². The van der Waals surface area contributed by atoms with E-state index >= 15 is 0 Å². The summed E-state index contributed by atoms with van der Waals surface area (Å²) in [6.07, 6.45) is 0.261. The Morgan fingerprint density at radius 1 is 1.15 bits per heavy atom. The molecule has 0 rings (SSSR count). The molecule has 0 bridgehead atoms. The third kappa shape index (κ3) is 5.44. The summed E-state index contributed by atoms with van der Waals surface area (Å²) in [4.78, 5) is 0. The fraction of sp³-hybridized carbons (Fsp3) is 1.00. The van der Waals surface area contributed by atoms with Gasteiger partial charge in [-0.25, -0.2) is 0 Å². The van der Waals surface area contributed by atoms with E-state index in [-0.39, 0.29) is 6.10 Å². The number of hydrogen-bond acceptors (Lipinski definition) is 2. The molecule has 13 heavy (non-hydrogen) atoms. The molecule has 0 N–H and O–H groups in total. The first-order valence-electron chi connectivity index (χ1n) is 5.33. The lowest BCUT2D eigenvalue weighted by molar-refractivity contribution is 0.0606. The van der Waals surface area contributed by atoms with Crippen molar-refractivity contribution in [2.24, 2.45) is 0 Å². The first-order valence-corrected chi connectivity index (χ1v) is 8.15. The van der Waals surface area contributed by atoms with Crippen LogP contribution in [0.2, 0.25) is 18.6 Å². The van der Waals surface area contributed by atoms with Gasteiger partial charge in [0.1, 0.15) is 0 Å². The third-order valence-corrected chi connectivity index (χ3v) is 6.50. The van der Waals surface area contributed by atoms with E-state index in [1.54, 1.807) is 0 Å². The largest absolute Gasteiger partial charge is 0.412 e. The SMILES string of the molecule is CCOCC(C)O[Si](C)(CC)CC. The average molecular weight is 204 g/mol. The quantitative estimate of drug-likeness (QED) is 0.593. The van der Waals surface area contributed by atoms with E-state index < -0.39 is 8.32 Å². The zero-order chi connectivity index (χ0) is 10.3. The van der Waals surface area contributed by atoms with Crippen molar-refractivity contribution in [3.63, 3.8) is 0 Å². The van der Waals surface area contributed by atoms with E-state index in [1.165, 1.54) is 12.1 Å². The second-order valence-corrected chi connectivity index (χ2v) is 8.29. The van der Waals surface area contributed by atoms with Crippen LogP contribution >= 0.6 is 0 Å². The van der Waals surface area contributed by atoms with Crippen molar-refractivity contribution in [2.75, 3.05) is 13.2 Å². The average Bonchev–Trinajstić information content (AvgIpc) is 2.14. The standard InChI is InChI=1S/C10H24O2Si/c1-6-11-9-10(4)12-13(5,7-2)8-3/h10H,6-9H2,1-5H3. The Balaban J connectivity index is 3.79. The Kier molecular flexibility index (Phi) is 6.64. The Bertz CT molecular complexity index is 124. The van der Waals surface area contributed by atoms with Gasteiger partial charge in [-0.05, 0) is 32.5 Å². The minimum absolute atomic E-state index is 0.261. The predicted molar refractivity (Wildman–Crippen MR) is 59.6 cm³/mol. The van der Waals surface area contributed by atoms with Crippen molar-refractivity contribution in [3.8, 4) is 0 Å². The molecule has 0 aromatic heterocycles. The minimum atomic E-state index is -1.39. The van der Waals surface area contributed by atoms with Gasteiger partial charge in [0.2, 0.25) is 0 Å². The molecule has 0 amide bonds. The van der Waals surface area contributed by atoms with Crippen LogP contribution < -0.4 is 0 Å². The van der Waals surface area contributed by atoms with Gasteiger partial charge in [-0.15, -0.1) is 0 Å². The summed E-state index contributed by atoms with van der Waals surface area (Å²) in [5.74, 6) is 0. The van der Waals surface area contributed by atoms with Crippen LogP contribution in [-0.4, -0.2) is 27.6 Å². The van der Waals surface area contributed by atoms with Crippen LogP contribution in [-0.2, 0) is 9.16 Å². The summed E-state index contributed by atoms with van der Waals surface area (Å²) in [5.41, 5.74) is 0. The van der Waals surface area contributed by atoms with Gasteiger partial charge in [-0.2, -0.15) is 0 Å². The Labute approximate surface area is 83.8 Å². The monoisotopic (exact) mass is 204 g/mol. The number of ether oxygens (including phenoxy) is 1. The highest BCUT2D eigenvalue weighted by molar-refractivity contribution is 6.72. The second-order valence-electron chi connectivity index (χ2n) is 3.74. The number of hydrogen-bond donors (Lipinski definition) is 0. The molecule has 0 radical (unpaired) electrons. The summed E-state index contributed by atoms with van der Waals surface area (Å²) in [5, 5.41) is 0. The summed E-state index contributed by atoms with van der Waals surface area (Å²) in [6.45, 7) is 12.4. The zero-order valence-corrected chi connectivity index (χ0v) is 10.7. The van der Waals surface area contributed by atoms with Crippen LogP contribution in [0.4, 0.5) is 0 Å². The molecule has 0 spiro atoms. The van der Waals surface area contributed by atoms with Crippen LogP contribution in [0.5, 0.6) is 0 Å². The van der Waals surface area contributed by atoms with E-state index in [2.05, 4.69) is 27.3 Å². The van der Waals surface area contributed by atoms with E-state index in [4.69, 9.17) is 9.16 Å². The first kappa shape index (κ1) is 13.1. The van der Waals surface area contributed by atoms with E-state index in [1.807, 2.05) is 6.92 Å². The molecule has 0 aromatic carbocycles. The molecule has 0 aliphatic carbocycles. The van der Waals surface area contributed by atoms with E-state index in [9.17, 15) is 0 Å². The van der Waals surface area contributed by atoms with Crippen molar-refractivity contribution in [2.45, 2.75) is 52.4 Å². The molecule has 0 heterocycles. The van der Waals surface area contributed by atoms with Gasteiger partial charge in [-0.3, -0.25) is 0 Å². The second kappa shape index (κ2) is 6.57. The molecule has 3 heteroatoms. The van der Waals surface area contributed by atoms with E-state index in [0.29, 0.717) is 0 Å². The van der Waals surface area contributed by atoms with Crippen molar-refractivity contribution in [3.05, 3.63) is 0 Å². The normalized spacial score (nSPS) is 14.5. The van der Waals surface area contributed by atoms with Gasteiger partial charge in [0, 0.05) is 6.61 Å². The molecule has 0 saturated carbocycles. The third-order valence-electron chi connectivity index (χ3n) is 2.54. The first-order chi connectivity index (χ1) is 6.08. The van der Waals surface area contributed by atoms with E-state index in [0.717, 1.165) is 13.2 Å². The Morgan fingerprint density at radius 3 is 2.08 bits per heavy atom. The molecule has 0 aliphatic rings. The van der Waals surface area contributed by atoms with Gasteiger partial charge < -0.3 is 9.16 Å². The molecule has 0 fully saturated rings. The summed E-state index contributed by atoms with van der Waals surface area (Å²) >= 11 is 0. The Hall–Kier alpha value is 0.137. The molecular weight excluding hydrogens is 180 g/mol. The molecule has 0 aromatic rings. The highest BCUT2D eigenvalue weighted by atomic mass is 28.4. The lowest BCUT2D eigenvalue weighted by Crippen LogP contribution is -2.37. The highest BCUT2D eigenvalue weighted by Gasteiger charge is 2.26. The van der Waals surface area contributed by atoms with Crippen LogP contribution in [0.1, 0.15) is 27.7 Å². The molecule has 2 nitrogen and oxygen atoms in total. The smallest absolute Gasteiger partial charge is 0.189 e. The topological polar surface area (TPSA) is 18.5 Å². The van der Waals surface area contributed by atoms with Gasteiger partial charge >= 0.3 is 0 Å². The minimum Gasteiger partial charge on any atom is -0.412 e. The summed E-state index contributed by atoms with van der Waals surface area (Å²) in [6, 6.07) is 2.39. The maximum Gasteiger partial charge on any atom is 0.189 e. The highest BCUT2D eigenvalue weighted by Crippen LogP contribution is 2.18. The van der Waals surface area contributed by atoms with Crippen molar-refractivity contribution >= 4 is 8.32 Å². The van der Waals surface area contributed by atoms with Crippen LogP contribution in [0.3, 0.4) is 0 Å². The molecule has 1 atom stereocenters. The van der Waals surface area contributed by atoms with Crippen molar-refractivity contribution in [1.29, 1.82) is 0 Å². The predicted octanol–water partition coefficient (Wildman–Crippen LogP) is 3.04. The number of rotatable bonds is 7. The summed E-state index contributed by atoms with van der Waals surface area (Å²) in [7, 11) is -1.39. The fourth-order valence-corrected chi connectivity index (χ4v) is 3.09. The van der Waals surface area contributed by atoms with Crippen LogP contribution in [0, 0.1) is 0 Å². The van der Waals surface area contributed by atoms with Gasteiger partial charge in [0.25, 0.3) is 0 Å². The van der Waals surface area contributed by atoms with Gasteiger partial charge in [-0.1, -0.05) is 13.8 Å². The van der Waals surface area contributed by atoms with Gasteiger partial charge in [0.15, 0.2) is 8.32 Å². The molecule has 1 unspecified atom stereocenters. The molecule has 0 aliphatic heterocycles. The fourth-order valence-electron chi connectivity index (χ4n) is 1.22. The maximum atomic E-state index is 6.05. The van der Waals surface area contributed by atoms with Crippen LogP contribution in [0.15, 0.2) is 0 Å². The van der Waals surface area contributed by atoms with Gasteiger partial charge in [0.05, 0.1) is 12.7 Å². The lowest BCUT2D eigenvalue weighted by Gasteiger charge is -2.28. The maximum absolute atomic E-state index is 6.05. The zero-order valence-electron chi connectivity index (χ0n) is 9.72. The molecule has 80 valence electrons. The molecular formula is C10H24O2Si. The van der Waals surface area contributed by atoms with Crippen molar-refractivity contribution in [1.82, 2.24) is 0 Å². The summed E-state index contributed by atoms with van der Waals surface area (Å²) < 4.78 is 11.4. The van der Waals surface area contributed by atoms with Crippen molar-refractivity contribution < 1.29 is 9.16 Å².